The van der Waals surface area contributed by atoms with Gasteiger partial charge in [0.2, 0.25) is 0 Å². The third-order valence-electron chi connectivity index (χ3n) is 5.07. The zero-order valence-corrected chi connectivity index (χ0v) is 20.0. The summed E-state index contributed by atoms with van der Waals surface area (Å²) < 4.78 is 17.2. The van der Waals surface area contributed by atoms with E-state index in [4.69, 9.17) is 25.8 Å². The minimum atomic E-state index is -0.359. The van der Waals surface area contributed by atoms with Gasteiger partial charge in [-0.15, -0.1) is 0 Å². The van der Waals surface area contributed by atoms with E-state index in [1.54, 1.807) is 6.21 Å². The number of rotatable bonds is 10. The average molecular weight is 489 g/mol. The van der Waals surface area contributed by atoms with Crippen molar-refractivity contribution in [1.29, 1.82) is 0 Å². The zero-order valence-electron chi connectivity index (χ0n) is 19.2. The SMILES string of the molecule is CCOc1cc(/C=N\NC(=O)COc2ccc3ccccc3c2)ccc1OCc1ccc(Cl)cc1. The van der Waals surface area contributed by atoms with Gasteiger partial charge in [-0.3, -0.25) is 4.79 Å². The Morgan fingerprint density at radius 1 is 0.886 bits per heavy atom. The first-order chi connectivity index (χ1) is 17.1. The van der Waals surface area contributed by atoms with Crippen LogP contribution in [0.1, 0.15) is 18.1 Å². The van der Waals surface area contributed by atoms with Crippen molar-refractivity contribution >= 4 is 34.5 Å². The van der Waals surface area contributed by atoms with E-state index in [-0.39, 0.29) is 12.5 Å². The highest BCUT2D eigenvalue weighted by Crippen LogP contribution is 2.29. The molecule has 6 nitrogen and oxygen atoms in total. The Bertz CT molecular complexity index is 1320. The van der Waals surface area contributed by atoms with Crippen LogP contribution in [0.3, 0.4) is 0 Å². The Hall–Kier alpha value is -4.03. The molecule has 1 amide bonds. The first-order valence-corrected chi connectivity index (χ1v) is 11.6. The molecular formula is C28H25ClN2O4. The van der Waals surface area contributed by atoms with Crippen LogP contribution in [-0.2, 0) is 11.4 Å². The van der Waals surface area contributed by atoms with E-state index in [2.05, 4.69) is 10.5 Å². The largest absolute Gasteiger partial charge is 0.490 e. The number of amides is 1. The van der Waals surface area contributed by atoms with E-state index in [1.807, 2.05) is 91.9 Å². The predicted octanol–water partition coefficient (Wildman–Crippen LogP) is 6.00. The van der Waals surface area contributed by atoms with Crippen LogP contribution in [0.2, 0.25) is 5.02 Å². The Balaban J connectivity index is 1.31. The van der Waals surface area contributed by atoms with Crippen LogP contribution < -0.4 is 19.6 Å². The van der Waals surface area contributed by atoms with E-state index in [0.717, 1.165) is 21.9 Å². The monoisotopic (exact) mass is 488 g/mol. The lowest BCUT2D eigenvalue weighted by molar-refractivity contribution is -0.123. The van der Waals surface area contributed by atoms with Crippen LogP contribution in [0.25, 0.3) is 10.8 Å². The summed E-state index contributed by atoms with van der Waals surface area (Å²) in [6, 6.07) is 26.6. The molecule has 0 aromatic heterocycles. The normalized spacial score (nSPS) is 10.9. The molecule has 0 aliphatic heterocycles. The summed E-state index contributed by atoms with van der Waals surface area (Å²) in [5, 5.41) is 6.87. The number of hydrogen-bond acceptors (Lipinski definition) is 5. The molecule has 0 aliphatic carbocycles. The van der Waals surface area contributed by atoms with Crippen LogP contribution >= 0.6 is 11.6 Å². The van der Waals surface area contributed by atoms with Crippen molar-refractivity contribution < 1.29 is 19.0 Å². The number of nitrogens with one attached hydrogen (secondary N) is 1. The second-order valence-electron chi connectivity index (χ2n) is 7.65. The summed E-state index contributed by atoms with van der Waals surface area (Å²) in [5.41, 5.74) is 4.23. The van der Waals surface area contributed by atoms with Crippen molar-refractivity contribution in [3.8, 4) is 17.2 Å². The second kappa shape index (κ2) is 11.9. The molecule has 4 rings (SSSR count). The molecule has 4 aromatic rings. The maximum absolute atomic E-state index is 12.1. The van der Waals surface area contributed by atoms with Crippen molar-refractivity contribution in [3.63, 3.8) is 0 Å². The van der Waals surface area contributed by atoms with E-state index < -0.39 is 0 Å². The van der Waals surface area contributed by atoms with Gasteiger partial charge in [0.15, 0.2) is 18.1 Å². The minimum Gasteiger partial charge on any atom is -0.490 e. The second-order valence-corrected chi connectivity index (χ2v) is 8.08. The molecule has 0 unspecified atom stereocenters. The van der Waals surface area contributed by atoms with Gasteiger partial charge in [0, 0.05) is 5.02 Å². The van der Waals surface area contributed by atoms with Crippen molar-refractivity contribution in [3.05, 3.63) is 101 Å². The van der Waals surface area contributed by atoms with Gasteiger partial charge in [-0.05, 0) is 71.3 Å². The van der Waals surface area contributed by atoms with Gasteiger partial charge in [0.25, 0.3) is 5.91 Å². The fraction of sp³-hybridized carbons (Fsp3) is 0.143. The summed E-state index contributed by atoms with van der Waals surface area (Å²) in [6.07, 6.45) is 1.54. The minimum absolute atomic E-state index is 0.142. The Morgan fingerprint density at radius 2 is 1.69 bits per heavy atom. The molecule has 0 spiro atoms. The van der Waals surface area contributed by atoms with E-state index in [9.17, 15) is 4.79 Å². The van der Waals surface area contributed by atoms with Gasteiger partial charge in [0.05, 0.1) is 12.8 Å². The summed E-state index contributed by atoms with van der Waals surface area (Å²) in [7, 11) is 0. The first kappa shape index (κ1) is 24.1. The average Bonchev–Trinajstić information content (AvgIpc) is 2.88. The van der Waals surface area contributed by atoms with Crippen molar-refractivity contribution in [2.75, 3.05) is 13.2 Å². The molecular weight excluding hydrogens is 464 g/mol. The molecule has 0 saturated heterocycles. The fourth-order valence-corrected chi connectivity index (χ4v) is 3.48. The molecule has 0 fully saturated rings. The van der Waals surface area contributed by atoms with Crippen LogP contribution in [-0.4, -0.2) is 25.3 Å². The third-order valence-corrected chi connectivity index (χ3v) is 5.32. The number of benzene rings is 4. The summed E-state index contributed by atoms with van der Waals surface area (Å²) in [5.74, 6) is 1.48. The number of fused-ring (bicyclic) bond motifs is 1. The third kappa shape index (κ3) is 6.98. The first-order valence-electron chi connectivity index (χ1n) is 11.2. The quantitative estimate of drug-likeness (QED) is 0.219. The van der Waals surface area contributed by atoms with Gasteiger partial charge in [0.1, 0.15) is 12.4 Å². The highest BCUT2D eigenvalue weighted by Gasteiger charge is 2.07. The summed E-state index contributed by atoms with van der Waals surface area (Å²) in [6.45, 7) is 2.63. The maximum Gasteiger partial charge on any atom is 0.277 e. The number of carbonyl (C=O) groups excluding carboxylic acids is 1. The molecule has 178 valence electrons. The fourth-order valence-electron chi connectivity index (χ4n) is 3.35. The lowest BCUT2D eigenvalue weighted by Gasteiger charge is -2.12. The Labute approximate surface area is 209 Å². The van der Waals surface area contributed by atoms with Gasteiger partial charge in [-0.1, -0.05) is 54.1 Å². The number of ether oxygens (including phenoxy) is 3. The van der Waals surface area contributed by atoms with Gasteiger partial charge in [-0.2, -0.15) is 5.10 Å². The number of hydrogen-bond donors (Lipinski definition) is 1. The number of hydrazone groups is 1. The summed E-state index contributed by atoms with van der Waals surface area (Å²) in [4.78, 5) is 12.1. The summed E-state index contributed by atoms with van der Waals surface area (Å²) >= 11 is 5.93. The molecule has 0 saturated carbocycles. The molecule has 0 radical (unpaired) electrons. The molecule has 35 heavy (non-hydrogen) atoms. The smallest absolute Gasteiger partial charge is 0.277 e. The van der Waals surface area contributed by atoms with Crippen LogP contribution in [0, 0.1) is 0 Å². The van der Waals surface area contributed by atoms with Gasteiger partial charge in [-0.25, -0.2) is 5.43 Å². The van der Waals surface area contributed by atoms with Crippen LogP contribution in [0.5, 0.6) is 17.2 Å². The molecule has 0 aliphatic rings. The highest BCUT2D eigenvalue weighted by molar-refractivity contribution is 6.30. The lowest BCUT2D eigenvalue weighted by Crippen LogP contribution is -2.24. The molecule has 0 atom stereocenters. The van der Waals surface area contributed by atoms with Gasteiger partial charge < -0.3 is 14.2 Å². The number of carbonyl (C=O) groups is 1. The lowest BCUT2D eigenvalue weighted by atomic mass is 10.1. The molecule has 4 aromatic carbocycles. The van der Waals surface area contributed by atoms with E-state index >= 15 is 0 Å². The Morgan fingerprint density at radius 3 is 2.49 bits per heavy atom. The molecule has 0 heterocycles. The maximum atomic E-state index is 12.1. The van der Waals surface area contributed by atoms with Crippen LogP contribution in [0.4, 0.5) is 0 Å². The molecule has 0 bridgehead atoms. The zero-order chi connectivity index (χ0) is 24.5. The van der Waals surface area contributed by atoms with Crippen molar-refractivity contribution in [1.82, 2.24) is 5.43 Å². The van der Waals surface area contributed by atoms with E-state index in [1.165, 1.54) is 0 Å². The topological polar surface area (TPSA) is 69.2 Å². The molecule has 7 heteroatoms. The van der Waals surface area contributed by atoms with Crippen molar-refractivity contribution in [2.24, 2.45) is 5.10 Å². The Kier molecular flexibility index (Phi) is 8.20. The highest BCUT2D eigenvalue weighted by atomic mass is 35.5. The van der Waals surface area contributed by atoms with Gasteiger partial charge >= 0.3 is 0 Å². The standard InChI is InChI=1S/C28H25ClN2O4/c1-2-33-27-15-21(9-14-26(27)35-18-20-7-11-24(29)12-8-20)17-30-31-28(32)19-34-25-13-10-22-5-3-4-6-23(22)16-25/h3-17H,2,18-19H2,1H3,(H,31,32)/b30-17-. The molecule has 1 N–H and O–H groups in total. The van der Waals surface area contributed by atoms with Crippen molar-refractivity contribution in [2.45, 2.75) is 13.5 Å². The predicted molar refractivity (Wildman–Crippen MR) is 139 cm³/mol. The van der Waals surface area contributed by atoms with E-state index in [0.29, 0.717) is 35.5 Å². The number of nitrogens with zero attached hydrogens (tertiary/aromatic N) is 1. The van der Waals surface area contributed by atoms with Crippen LogP contribution in [0.15, 0.2) is 90.0 Å². The number of halogens is 1.